The van der Waals surface area contributed by atoms with E-state index in [1.165, 1.54) is 0 Å². The molecule has 0 spiro atoms. The number of nitrogens with zero attached hydrogens (tertiary/aromatic N) is 1. The van der Waals surface area contributed by atoms with Gasteiger partial charge in [0.1, 0.15) is 12.4 Å². The number of hydrogen-bond acceptors (Lipinski definition) is 2. The fraction of sp³-hybridized carbons (Fsp3) is 0.562. The lowest BCUT2D eigenvalue weighted by atomic mass is 10.1. The van der Waals surface area contributed by atoms with E-state index in [2.05, 4.69) is 43.3 Å². The Hall–Kier alpha value is -0.980. The van der Waals surface area contributed by atoms with E-state index in [1.807, 2.05) is 30.3 Å². The summed E-state index contributed by atoms with van der Waals surface area (Å²) in [6.45, 7) is 10.7. The molecule has 0 radical (unpaired) electrons. The van der Waals surface area contributed by atoms with Gasteiger partial charge in [-0.15, -0.1) is 24.0 Å². The minimum atomic E-state index is 0. The first-order valence-electron chi connectivity index (χ1n) is 7.36. The molecule has 21 heavy (non-hydrogen) atoms. The maximum atomic E-state index is 5.62. The molecule has 1 aromatic carbocycles. The van der Waals surface area contributed by atoms with E-state index in [0.717, 1.165) is 18.3 Å². The van der Waals surface area contributed by atoms with Crippen LogP contribution in [0.5, 0.6) is 5.75 Å². The van der Waals surface area contributed by atoms with Gasteiger partial charge in [-0.3, -0.25) is 0 Å². The van der Waals surface area contributed by atoms with Gasteiger partial charge < -0.3 is 15.4 Å². The van der Waals surface area contributed by atoms with E-state index < -0.39 is 0 Å². The Morgan fingerprint density at radius 3 is 2.43 bits per heavy atom. The van der Waals surface area contributed by atoms with E-state index >= 15 is 0 Å². The van der Waals surface area contributed by atoms with Gasteiger partial charge in [0.05, 0.1) is 6.54 Å². The molecule has 1 aromatic rings. The van der Waals surface area contributed by atoms with Crippen LogP contribution in [-0.2, 0) is 0 Å². The molecular weight excluding hydrogens is 377 g/mol. The molecule has 1 atom stereocenters. The number of para-hydroxylation sites is 1. The number of hydrogen-bond donors (Lipinski definition) is 2. The smallest absolute Gasteiger partial charge is 0.191 e. The van der Waals surface area contributed by atoms with Crippen molar-refractivity contribution in [3.8, 4) is 5.75 Å². The second-order valence-corrected chi connectivity index (χ2v) is 5.10. The summed E-state index contributed by atoms with van der Waals surface area (Å²) in [4.78, 5) is 4.52. The third-order valence-electron chi connectivity index (χ3n) is 3.08. The van der Waals surface area contributed by atoms with Crippen molar-refractivity contribution in [2.45, 2.75) is 33.7 Å². The largest absolute Gasteiger partial charge is 0.492 e. The number of ether oxygens (including phenoxy) is 1. The monoisotopic (exact) mass is 405 g/mol. The molecule has 1 unspecified atom stereocenters. The van der Waals surface area contributed by atoms with Gasteiger partial charge in [-0.2, -0.15) is 0 Å². The Kier molecular flexibility index (Phi) is 11.1. The topological polar surface area (TPSA) is 45.7 Å². The average Bonchev–Trinajstić information content (AvgIpc) is 2.44. The van der Waals surface area contributed by atoms with Crippen LogP contribution in [0.4, 0.5) is 0 Å². The Bertz CT molecular complexity index is 396. The molecule has 0 aliphatic heterocycles. The lowest BCUT2D eigenvalue weighted by Gasteiger charge is -2.20. The summed E-state index contributed by atoms with van der Waals surface area (Å²) < 4.78 is 5.62. The molecule has 0 aromatic heterocycles. The second-order valence-electron chi connectivity index (χ2n) is 5.10. The van der Waals surface area contributed by atoms with Crippen molar-refractivity contribution >= 4 is 29.9 Å². The molecule has 4 nitrogen and oxygen atoms in total. The molecule has 0 aliphatic rings. The first-order chi connectivity index (χ1) is 9.63. The molecule has 0 aliphatic carbocycles. The van der Waals surface area contributed by atoms with Crippen LogP contribution >= 0.6 is 24.0 Å². The summed E-state index contributed by atoms with van der Waals surface area (Å²) in [5, 5.41) is 6.65. The van der Waals surface area contributed by atoms with E-state index in [0.29, 0.717) is 25.1 Å². The van der Waals surface area contributed by atoms with Crippen molar-refractivity contribution in [1.29, 1.82) is 0 Å². The van der Waals surface area contributed by atoms with Crippen LogP contribution < -0.4 is 15.4 Å². The first kappa shape index (κ1) is 20.0. The van der Waals surface area contributed by atoms with E-state index in [9.17, 15) is 0 Å². The number of halogens is 1. The highest BCUT2D eigenvalue weighted by Gasteiger charge is 2.08. The number of rotatable bonds is 7. The molecule has 0 saturated carbocycles. The van der Waals surface area contributed by atoms with Gasteiger partial charge in [0.2, 0.25) is 0 Å². The number of benzene rings is 1. The molecular formula is C16H28IN3O. The van der Waals surface area contributed by atoms with Crippen molar-refractivity contribution in [3.63, 3.8) is 0 Å². The van der Waals surface area contributed by atoms with Gasteiger partial charge in [-0.05, 0) is 31.9 Å². The zero-order valence-corrected chi connectivity index (χ0v) is 15.8. The molecule has 0 saturated heterocycles. The Morgan fingerprint density at radius 1 is 1.19 bits per heavy atom. The van der Waals surface area contributed by atoms with Crippen molar-refractivity contribution in [1.82, 2.24) is 10.6 Å². The van der Waals surface area contributed by atoms with Crippen molar-refractivity contribution in [2.75, 3.05) is 19.7 Å². The fourth-order valence-electron chi connectivity index (χ4n) is 1.54. The Balaban J connectivity index is 0.00000400. The van der Waals surface area contributed by atoms with Gasteiger partial charge in [0.15, 0.2) is 5.96 Å². The van der Waals surface area contributed by atoms with Gasteiger partial charge in [0.25, 0.3) is 0 Å². The Morgan fingerprint density at radius 2 is 1.86 bits per heavy atom. The van der Waals surface area contributed by atoms with Crippen LogP contribution in [0, 0.1) is 5.92 Å². The minimum Gasteiger partial charge on any atom is -0.492 e. The summed E-state index contributed by atoms with van der Waals surface area (Å²) in [7, 11) is 0. The molecule has 1 rings (SSSR count). The summed E-state index contributed by atoms with van der Waals surface area (Å²) in [6, 6.07) is 10.2. The number of nitrogens with one attached hydrogen (secondary N) is 2. The second kappa shape index (κ2) is 11.7. The van der Waals surface area contributed by atoms with Crippen LogP contribution in [0.1, 0.15) is 27.7 Å². The van der Waals surface area contributed by atoms with E-state index in [4.69, 9.17) is 4.74 Å². The maximum Gasteiger partial charge on any atom is 0.191 e. The fourth-order valence-corrected chi connectivity index (χ4v) is 1.54. The maximum absolute atomic E-state index is 5.62. The quantitative estimate of drug-likeness (QED) is 0.317. The van der Waals surface area contributed by atoms with E-state index in [1.54, 1.807) is 0 Å². The zero-order valence-electron chi connectivity index (χ0n) is 13.4. The van der Waals surface area contributed by atoms with Crippen molar-refractivity contribution < 1.29 is 4.74 Å². The summed E-state index contributed by atoms with van der Waals surface area (Å²) in [5.41, 5.74) is 0. The number of guanidine groups is 1. The van der Waals surface area contributed by atoms with Gasteiger partial charge in [-0.25, -0.2) is 4.99 Å². The van der Waals surface area contributed by atoms with Gasteiger partial charge in [-0.1, -0.05) is 32.0 Å². The van der Waals surface area contributed by atoms with Crippen molar-refractivity contribution in [2.24, 2.45) is 10.9 Å². The van der Waals surface area contributed by atoms with Crippen LogP contribution in [-0.4, -0.2) is 31.7 Å². The highest BCUT2D eigenvalue weighted by Crippen LogP contribution is 2.07. The molecule has 0 amide bonds. The van der Waals surface area contributed by atoms with E-state index in [-0.39, 0.29) is 24.0 Å². The van der Waals surface area contributed by atoms with Crippen LogP contribution in [0.25, 0.3) is 0 Å². The summed E-state index contributed by atoms with van der Waals surface area (Å²) in [6.07, 6.45) is 0. The van der Waals surface area contributed by atoms with Crippen molar-refractivity contribution in [3.05, 3.63) is 30.3 Å². The third kappa shape index (κ3) is 8.80. The molecule has 0 heterocycles. The molecule has 5 heteroatoms. The highest BCUT2D eigenvalue weighted by molar-refractivity contribution is 14.0. The van der Waals surface area contributed by atoms with Gasteiger partial charge in [0, 0.05) is 12.6 Å². The normalized spacial score (nSPS) is 12.5. The molecule has 120 valence electrons. The number of aliphatic imine (C=N–C) groups is 1. The predicted octanol–water partition coefficient (Wildman–Crippen LogP) is 3.28. The molecule has 2 N–H and O–H groups in total. The predicted molar refractivity (Wildman–Crippen MR) is 101 cm³/mol. The lowest BCUT2D eigenvalue weighted by Crippen LogP contribution is -2.44. The SMILES string of the molecule is CCNC(=NCCOc1ccccc1)NC(C)C(C)C.I. The minimum absolute atomic E-state index is 0. The average molecular weight is 405 g/mol. The summed E-state index contributed by atoms with van der Waals surface area (Å²) in [5.74, 6) is 2.31. The lowest BCUT2D eigenvalue weighted by molar-refractivity contribution is 0.328. The van der Waals surface area contributed by atoms with Crippen LogP contribution in [0.3, 0.4) is 0 Å². The first-order valence-corrected chi connectivity index (χ1v) is 7.36. The highest BCUT2D eigenvalue weighted by atomic mass is 127. The third-order valence-corrected chi connectivity index (χ3v) is 3.08. The standard InChI is InChI=1S/C16H27N3O.HI/c1-5-17-16(19-14(4)13(2)3)18-11-12-20-15-9-7-6-8-10-15;/h6-10,13-14H,5,11-12H2,1-4H3,(H2,17,18,19);1H. The zero-order chi connectivity index (χ0) is 14.8. The summed E-state index contributed by atoms with van der Waals surface area (Å²) >= 11 is 0. The van der Waals surface area contributed by atoms with Crippen LogP contribution in [0.2, 0.25) is 0 Å². The molecule has 0 bridgehead atoms. The Labute approximate surface area is 145 Å². The van der Waals surface area contributed by atoms with Gasteiger partial charge >= 0.3 is 0 Å². The van der Waals surface area contributed by atoms with Crippen LogP contribution in [0.15, 0.2) is 35.3 Å². The molecule has 0 fully saturated rings.